The molecule has 2 N–H and O–H groups in total. The molecule has 1 saturated heterocycles. The van der Waals surface area contributed by atoms with Gasteiger partial charge in [0.15, 0.2) is 0 Å². The number of nitrogens with zero attached hydrogens (tertiary/aromatic N) is 3. The van der Waals surface area contributed by atoms with E-state index in [9.17, 15) is 4.79 Å². The molecule has 1 aromatic heterocycles. The van der Waals surface area contributed by atoms with Crippen molar-refractivity contribution in [1.82, 2.24) is 14.9 Å². The zero-order valence-corrected chi connectivity index (χ0v) is 12.4. The summed E-state index contributed by atoms with van der Waals surface area (Å²) in [6.45, 7) is 8.29. The van der Waals surface area contributed by atoms with Crippen LogP contribution in [0.4, 0.5) is 11.6 Å². The van der Waals surface area contributed by atoms with Crippen molar-refractivity contribution in [2.45, 2.75) is 39.7 Å². The topological polar surface area (TPSA) is 70.2 Å². The first-order valence-corrected chi connectivity index (χ1v) is 7.25. The van der Waals surface area contributed by atoms with Crippen LogP contribution in [0.15, 0.2) is 6.07 Å². The second-order valence-corrected chi connectivity index (χ2v) is 5.11. The molecular formula is C14H23N5O. The number of aryl methyl sites for hydroxylation is 1. The van der Waals surface area contributed by atoms with Crippen LogP contribution in [0.3, 0.4) is 0 Å². The second kappa shape index (κ2) is 6.54. The van der Waals surface area contributed by atoms with Gasteiger partial charge in [0.05, 0.1) is 0 Å². The number of amides is 1. The normalized spacial score (nSPS) is 16.1. The highest BCUT2D eigenvalue weighted by molar-refractivity contribution is 5.84. The van der Waals surface area contributed by atoms with Gasteiger partial charge >= 0.3 is 0 Å². The van der Waals surface area contributed by atoms with E-state index in [0.717, 1.165) is 38.3 Å². The summed E-state index contributed by atoms with van der Waals surface area (Å²) in [7, 11) is 0. The molecule has 110 valence electrons. The minimum atomic E-state index is -0.267. The van der Waals surface area contributed by atoms with Crippen LogP contribution in [0.2, 0.25) is 0 Å². The van der Waals surface area contributed by atoms with E-state index in [4.69, 9.17) is 0 Å². The monoisotopic (exact) mass is 277 g/mol. The molecule has 6 nitrogen and oxygen atoms in total. The van der Waals surface area contributed by atoms with Gasteiger partial charge in [0, 0.05) is 25.7 Å². The van der Waals surface area contributed by atoms with Crippen LogP contribution in [0.1, 0.15) is 32.5 Å². The van der Waals surface area contributed by atoms with E-state index in [1.165, 1.54) is 0 Å². The summed E-state index contributed by atoms with van der Waals surface area (Å²) in [6, 6.07) is 1.57. The summed E-state index contributed by atoms with van der Waals surface area (Å²) in [5.41, 5.74) is 0. The molecular weight excluding hydrogens is 254 g/mol. The SMILES string of the molecule is CCNc1cc(NC(C)C(=O)N2CCCC2)nc(C)n1. The van der Waals surface area contributed by atoms with Gasteiger partial charge in [0.1, 0.15) is 23.5 Å². The Morgan fingerprint density at radius 3 is 2.65 bits per heavy atom. The number of likely N-dealkylation sites (tertiary alicyclic amines) is 1. The molecule has 0 aliphatic carbocycles. The number of carbonyl (C=O) groups excluding carboxylic acids is 1. The van der Waals surface area contributed by atoms with Crippen LogP contribution >= 0.6 is 0 Å². The summed E-state index contributed by atoms with van der Waals surface area (Å²) in [4.78, 5) is 22.8. The van der Waals surface area contributed by atoms with Gasteiger partial charge in [0.25, 0.3) is 0 Å². The Hall–Kier alpha value is -1.85. The van der Waals surface area contributed by atoms with Crippen molar-refractivity contribution in [3.8, 4) is 0 Å². The Labute approximate surface area is 120 Å². The van der Waals surface area contributed by atoms with Crippen molar-refractivity contribution in [3.63, 3.8) is 0 Å². The molecule has 0 saturated carbocycles. The fourth-order valence-corrected chi connectivity index (χ4v) is 2.41. The molecule has 1 unspecified atom stereocenters. The number of hydrogen-bond acceptors (Lipinski definition) is 5. The molecule has 0 radical (unpaired) electrons. The first-order chi connectivity index (χ1) is 9.60. The third-order valence-electron chi connectivity index (χ3n) is 3.35. The Balaban J connectivity index is 2.02. The summed E-state index contributed by atoms with van der Waals surface area (Å²) >= 11 is 0. The van der Waals surface area contributed by atoms with Gasteiger partial charge in [-0.25, -0.2) is 9.97 Å². The van der Waals surface area contributed by atoms with Crippen molar-refractivity contribution in [2.75, 3.05) is 30.3 Å². The number of rotatable bonds is 5. The Kier molecular flexibility index (Phi) is 4.76. The molecule has 6 heteroatoms. The molecule has 1 atom stereocenters. The van der Waals surface area contributed by atoms with Crippen LogP contribution in [-0.4, -0.2) is 46.5 Å². The predicted molar refractivity (Wildman–Crippen MR) is 79.8 cm³/mol. The lowest BCUT2D eigenvalue weighted by molar-refractivity contribution is -0.130. The number of aromatic nitrogens is 2. The average molecular weight is 277 g/mol. The van der Waals surface area contributed by atoms with E-state index >= 15 is 0 Å². The number of carbonyl (C=O) groups is 1. The first-order valence-electron chi connectivity index (χ1n) is 7.25. The van der Waals surface area contributed by atoms with Gasteiger partial charge in [-0.15, -0.1) is 0 Å². The molecule has 0 aromatic carbocycles. The maximum Gasteiger partial charge on any atom is 0.244 e. The van der Waals surface area contributed by atoms with Gasteiger partial charge < -0.3 is 15.5 Å². The Morgan fingerprint density at radius 1 is 1.35 bits per heavy atom. The second-order valence-electron chi connectivity index (χ2n) is 5.11. The molecule has 2 heterocycles. The van der Waals surface area contributed by atoms with Crippen molar-refractivity contribution in [3.05, 3.63) is 11.9 Å². The summed E-state index contributed by atoms with van der Waals surface area (Å²) < 4.78 is 0. The van der Waals surface area contributed by atoms with Crippen molar-refractivity contribution < 1.29 is 4.79 Å². The lowest BCUT2D eigenvalue weighted by atomic mass is 10.3. The van der Waals surface area contributed by atoms with Crippen LogP contribution in [-0.2, 0) is 4.79 Å². The van der Waals surface area contributed by atoms with Crippen LogP contribution < -0.4 is 10.6 Å². The van der Waals surface area contributed by atoms with E-state index in [-0.39, 0.29) is 11.9 Å². The van der Waals surface area contributed by atoms with Crippen LogP contribution in [0, 0.1) is 6.92 Å². The quantitative estimate of drug-likeness (QED) is 0.856. The molecule has 1 aromatic rings. The molecule has 1 fully saturated rings. The third kappa shape index (κ3) is 3.59. The van der Waals surface area contributed by atoms with E-state index < -0.39 is 0 Å². The third-order valence-corrected chi connectivity index (χ3v) is 3.35. The maximum atomic E-state index is 12.2. The highest BCUT2D eigenvalue weighted by atomic mass is 16.2. The number of nitrogens with one attached hydrogen (secondary N) is 2. The lowest BCUT2D eigenvalue weighted by Gasteiger charge is -2.21. The highest BCUT2D eigenvalue weighted by Crippen LogP contribution is 2.14. The van der Waals surface area contributed by atoms with Gasteiger partial charge in [-0.1, -0.05) is 0 Å². The van der Waals surface area contributed by atoms with Crippen LogP contribution in [0.25, 0.3) is 0 Å². The minimum absolute atomic E-state index is 0.142. The highest BCUT2D eigenvalue weighted by Gasteiger charge is 2.23. The van der Waals surface area contributed by atoms with E-state index in [1.54, 1.807) is 0 Å². The summed E-state index contributed by atoms with van der Waals surface area (Å²) in [5.74, 6) is 2.30. The smallest absolute Gasteiger partial charge is 0.244 e. The van der Waals surface area contributed by atoms with Crippen molar-refractivity contribution >= 4 is 17.5 Å². The molecule has 0 bridgehead atoms. The van der Waals surface area contributed by atoms with E-state index in [2.05, 4.69) is 20.6 Å². The Morgan fingerprint density at radius 2 is 2.00 bits per heavy atom. The van der Waals surface area contributed by atoms with Gasteiger partial charge in [-0.05, 0) is 33.6 Å². The average Bonchev–Trinajstić information content (AvgIpc) is 2.91. The standard InChI is InChI=1S/C14H23N5O/c1-4-15-12-9-13(18-11(3)17-12)16-10(2)14(20)19-7-5-6-8-19/h9-10H,4-8H2,1-3H3,(H2,15,16,17,18). The maximum absolute atomic E-state index is 12.2. The summed E-state index contributed by atoms with van der Waals surface area (Å²) in [5, 5.41) is 6.34. The van der Waals surface area contributed by atoms with Gasteiger partial charge in [-0.2, -0.15) is 0 Å². The minimum Gasteiger partial charge on any atom is -0.370 e. The van der Waals surface area contributed by atoms with Crippen molar-refractivity contribution in [2.24, 2.45) is 0 Å². The molecule has 20 heavy (non-hydrogen) atoms. The first kappa shape index (κ1) is 14.6. The summed E-state index contributed by atoms with van der Waals surface area (Å²) in [6.07, 6.45) is 2.21. The molecule has 1 amide bonds. The molecule has 0 spiro atoms. The molecule has 2 rings (SSSR count). The van der Waals surface area contributed by atoms with Gasteiger partial charge in [-0.3, -0.25) is 4.79 Å². The number of hydrogen-bond donors (Lipinski definition) is 2. The molecule has 1 aliphatic rings. The Bertz CT molecular complexity index is 471. The predicted octanol–water partition coefficient (Wildman–Crippen LogP) is 1.64. The van der Waals surface area contributed by atoms with Crippen molar-refractivity contribution in [1.29, 1.82) is 0 Å². The fraction of sp³-hybridized carbons (Fsp3) is 0.643. The van der Waals surface area contributed by atoms with Crippen LogP contribution in [0.5, 0.6) is 0 Å². The van der Waals surface area contributed by atoms with Gasteiger partial charge in [0.2, 0.25) is 5.91 Å². The number of anilines is 2. The zero-order chi connectivity index (χ0) is 14.5. The largest absolute Gasteiger partial charge is 0.370 e. The molecule has 1 aliphatic heterocycles. The van der Waals surface area contributed by atoms with E-state index in [1.807, 2.05) is 31.7 Å². The van der Waals surface area contributed by atoms with E-state index in [0.29, 0.717) is 11.6 Å². The fourth-order valence-electron chi connectivity index (χ4n) is 2.41. The zero-order valence-electron chi connectivity index (χ0n) is 12.4. The lowest BCUT2D eigenvalue weighted by Crippen LogP contribution is -2.39.